The predicted molar refractivity (Wildman–Crippen MR) is 105 cm³/mol. The molecule has 30 heavy (non-hydrogen) atoms. The van der Waals surface area contributed by atoms with Crippen LogP contribution in [-0.4, -0.2) is 62.8 Å². The van der Waals surface area contributed by atoms with E-state index in [1.165, 1.54) is 4.31 Å². The summed E-state index contributed by atoms with van der Waals surface area (Å²) >= 11 is 0. The van der Waals surface area contributed by atoms with Gasteiger partial charge in [0.15, 0.2) is 0 Å². The summed E-state index contributed by atoms with van der Waals surface area (Å²) in [5, 5.41) is 2.68. The molecule has 6 nitrogen and oxygen atoms in total. The molecule has 0 atom stereocenters. The Labute approximate surface area is 173 Å². The van der Waals surface area contributed by atoms with E-state index in [4.69, 9.17) is 0 Å². The Morgan fingerprint density at radius 3 is 2.10 bits per heavy atom. The van der Waals surface area contributed by atoms with Gasteiger partial charge in [-0.25, -0.2) is 8.42 Å². The Morgan fingerprint density at radius 2 is 1.53 bits per heavy atom. The summed E-state index contributed by atoms with van der Waals surface area (Å²) in [6.45, 7) is 2.59. The second-order valence-corrected chi connectivity index (χ2v) is 8.83. The van der Waals surface area contributed by atoms with Gasteiger partial charge in [-0.15, -0.1) is 0 Å². The molecule has 1 amide bonds. The minimum absolute atomic E-state index is 0.154. The fourth-order valence-corrected chi connectivity index (χ4v) is 4.62. The quantitative estimate of drug-likeness (QED) is 0.748. The molecule has 1 N–H and O–H groups in total. The highest BCUT2D eigenvalue weighted by Crippen LogP contribution is 2.29. The Kier molecular flexibility index (Phi) is 6.79. The monoisotopic (exact) mass is 441 g/mol. The van der Waals surface area contributed by atoms with Crippen LogP contribution in [0.3, 0.4) is 0 Å². The van der Waals surface area contributed by atoms with Gasteiger partial charge in [-0.1, -0.05) is 18.2 Å². The zero-order valence-corrected chi connectivity index (χ0v) is 16.9. The van der Waals surface area contributed by atoms with Crippen LogP contribution >= 0.6 is 0 Å². The Bertz CT molecular complexity index is 956. The maximum atomic E-state index is 12.6. The molecule has 2 aromatic rings. The van der Waals surface area contributed by atoms with Crippen LogP contribution in [0.25, 0.3) is 0 Å². The summed E-state index contributed by atoms with van der Waals surface area (Å²) in [5.74, 6) is -0.450. The first-order valence-corrected chi connectivity index (χ1v) is 10.8. The van der Waals surface area contributed by atoms with Crippen LogP contribution in [0.5, 0.6) is 0 Å². The fraction of sp³-hybridized carbons (Fsp3) is 0.350. The molecule has 0 bridgehead atoms. The summed E-state index contributed by atoms with van der Waals surface area (Å²) in [6.07, 6.45) is -4.44. The van der Waals surface area contributed by atoms with Crippen molar-refractivity contribution in [2.75, 3.05) is 39.3 Å². The maximum Gasteiger partial charge on any atom is 0.416 e. The van der Waals surface area contributed by atoms with E-state index in [1.807, 2.05) is 4.90 Å². The molecule has 0 spiro atoms. The molecular weight excluding hydrogens is 419 g/mol. The number of amides is 1. The van der Waals surface area contributed by atoms with Crippen molar-refractivity contribution >= 4 is 15.9 Å². The van der Waals surface area contributed by atoms with Gasteiger partial charge >= 0.3 is 6.18 Å². The van der Waals surface area contributed by atoms with E-state index in [2.05, 4.69) is 5.32 Å². The molecule has 0 aromatic heterocycles. The van der Waals surface area contributed by atoms with Crippen LogP contribution < -0.4 is 5.32 Å². The van der Waals surface area contributed by atoms with Gasteiger partial charge in [0, 0.05) is 44.8 Å². The number of nitrogens with zero attached hydrogens (tertiary/aromatic N) is 2. The molecule has 1 fully saturated rings. The van der Waals surface area contributed by atoms with E-state index in [0.29, 0.717) is 39.3 Å². The topological polar surface area (TPSA) is 69.7 Å². The van der Waals surface area contributed by atoms with Crippen molar-refractivity contribution in [2.45, 2.75) is 11.1 Å². The largest absolute Gasteiger partial charge is 0.416 e. The van der Waals surface area contributed by atoms with Gasteiger partial charge in [0.2, 0.25) is 10.0 Å². The fourth-order valence-electron chi connectivity index (χ4n) is 3.18. The lowest BCUT2D eigenvalue weighted by atomic mass is 10.1. The minimum atomic E-state index is -4.44. The highest BCUT2D eigenvalue weighted by atomic mass is 32.2. The summed E-state index contributed by atoms with van der Waals surface area (Å²) in [6, 6.07) is 12.3. The van der Waals surface area contributed by atoms with Crippen molar-refractivity contribution in [1.29, 1.82) is 0 Å². The molecule has 0 radical (unpaired) electrons. The molecule has 2 aromatic carbocycles. The predicted octanol–water partition coefficient (Wildman–Crippen LogP) is 2.44. The lowest BCUT2D eigenvalue weighted by molar-refractivity contribution is -0.137. The van der Waals surface area contributed by atoms with Crippen LogP contribution in [-0.2, 0) is 16.2 Å². The zero-order chi connectivity index (χ0) is 21.8. The van der Waals surface area contributed by atoms with E-state index < -0.39 is 27.7 Å². The Hall–Kier alpha value is -2.43. The number of sulfonamides is 1. The van der Waals surface area contributed by atoms with Crippen molar-refractivity contribution in [1.82, 2.24) is 14.5 Å². The van der Waals surface area contributed by atoms with E-state index in [9.17, 15) is 26.4 Å². The average molecular weight is 441 g/mol. The molecule has 0 saturated carbocycles. The van der Waals surface area contributed by atoms with Crippen LogP contribution in [0, 0.1) is 0 Å². The third kappa shape index (κ3) is 5.38. The molecule has 10 heteroatoms. The maximum absolute atomic E-state index is 12.6. The highest BCUT2D eigenvalue weighted by molar-refractivity contribution is 7.89. The van der Waals surface area contributed by atoms with Gasteiger partial charge in [-0.2, -0.15) is 17.5 Å². The van der Waals surface area contributed by atoms with Crippen LogP contribution in [0.1, 0.15) is 15.9 Å². The molecule has 1 saturated heterocycles. The van der Waals surface area contributed by atoms with Crippen molar-refractivity contribution in [2.24, 2.45) is 0 Å². The van der Waals surface area contributed by atoms with Gasteiger partial charge in [0.1, 0.15) is 0 Å². The second kappa shape index (κ2) is 9.15. The number of piperazine rings is 1. The minimum Gasteiger partial charge on any atom is -0.351 e. The standard InChI is InChI=1S/C20H22F3N3O3S/c21-20(22,23)17-8-6-16(7-9-17)19(27)24-10-11-25-12-14-26(15-13-25)30(28,29)18-4-2-1-3-5-18/h1-9H,10-15H2,(H,24,27). The third-order valence-corrected chi connectivity index (χ3v) is 6.81. The van der Waals surface area contributed by atoms with Crippen molar-refractivity contribution in [3.63, 3.8) is 0 Å². The molecule has 1 heterocycles. The van der Waals surface area contributed by atoms with Gasteiger partial charge in [0.05, 0.1) is 10.5 Å². The second-order valence-electron chi connectivity index (χ2n) is 6.89. The first-order valence-electron chi connectivity index (χ1n) is 9.41. The number of alkyl halides is 3. The smallest absolute Gasteiger partial charge is 0.351 e. The Balaban J connectivity index is 1.44. The molecule has 3 rings (SSSR count). The molecular formula is C20H22F3N3O3S. The van der Waals surface area contributed by atoms with Gasteiger partial charge < -0.3 is 5.32 Å². The Morgan fingerprint density at radius 1 is 0.933 bits per heavy atom. The van der Waals surface area contributed by atoms with Crippen LogP contribution in [0.2, 0.25) is 0 Å². The van der Waals surface area contributed by atoms with Gasteiger partial charge in [0.25, 0.3) is 5.91 Å². The summed E-state index contributed by atoms with van der Waals surface area (Å²) in [5.41, 5.74) is -0.649. The highest BCUT2D eigenvalue weighted by Gasteiger charge is 2.30. The number of halogens is 3. The van der Waals surface area contributed by atoms with E-state index in [-0.39, 0.29) is 10.5 Å². The molecule has 1 aliphatic heterocycles. The zero-order valence-electron chi connectivity index (χ0n) is 16.1. The molecule has 162 valence electrons. The van der Waals surface area contributed by atoms with Gasteiger partial charge in [-0.05, 0) is 36.4 Å². The van der Waals surface area contributed by atoms with Crippen molar-refractivity contribution in [3.05, 3.63) is 65.7 Å². The third-order valence-electron chi connectivity index (χ3n) is 4.90. The molecule has 0 aliphatic carbocycles. The normalized spacial score (nSPS) is 16.4. The number of rotatable bonds is 6. The van der Waals surface area contributed by atoms with Crippen molar-refractivity contribution < 1.29 is 26.4 Å². The SMILES string of the molecule is O=C(NCCN1CCN(S(=O)(=O)c2ccccc2)CC1)c1ccc(C(F)(F)F)cc1. The van der Waals surface area contributed by atoms with E-state index in [0.717, 1.165) is 24.3 Å². The number of nitrogens with one attached hydrogen (secondary N) is 1. The summed E-state index contributed by atoms with van der Waals surface area (Å²) in [7, 11) is -3.51. The molecule has 0 unspecified atom stereocenters. The summed E-state index contributed by atoms with van der Waals surface area (Å²) < 4.78 is 64.4. The first-order chi connectivity index (χ1) is 14.2. The summed E-state index contributed by atoms with van der Waals surface area (Å²) in [4.78, 5) is 14.4. The number of benzene rings is 2. The number of carbonyl (C=O) groups is 1. The number of hydrogen-bond acceptors (Lipinski definition) is 4. The number of hydrogen-bond donors (Lipinski definition) is 1. The lowest BCUT2D eigenvalue weighted by Gasteiger charge is -2.33. The average Bonchev–Trinajstić information content (AvgIpc) is 2.74. The molecule has 1 aliphatic rings. The van der Waals surface area contributed by atoms with Crippen molar-refractivity contribution in [3.8, 4) is 0 Å². The lowest BCUT2D eigenvalue weighted by Crippen LogP contribution is -2.50. The number of carbonyl (C=O) groups excluding carboxylic acids is 1. The van der Waals surface area contributed by atoms with E-state index in [1.54, 1.807) is 30.3 Å². The van der Waals surface area contributed by atoms with E-state index >= 15 is 0 Å². The van der Waals surface area contributed by atoms with Gasteiger partial charge in [-0.3, -0.25) is 9.69 Å². The van der Waals surface area contributed by atoms with Crippen LogP contribution in [0.4, 0.5) is 13.2 Å². The first kappa shape index (κ1) is 22.3. The van der Waals surface area contributed by atoms with Crippen LogP contribution in [0.15, 0.2) is 59.5 Å².